The van der Waals surface area contributed by atoms with E-state index in [1.54, 1.807) is 0 Å². The first-order valence-corrected chi connectivity index (χ1v) is 5.22. The van der Waals surface area contributed by atoms with Gasteiger partial charge in [0.1, 0.15) is 0 Å². The lowest BCUT2D eigenvalue weighted by Gasteiger charge is -2.06. The van der Waals surface area contributed by atoms with Crippen molar-refractivity contribution < 1.29 is 5.11 Å². The van der Waals surface area contributed by atoms with Crippen molar-refractivity contribution in [3.8, 4) is 0 Å². The first kappa shape index (κ1) is 10.5. The number of nitrogens with one attached hydrogen (secondary N) is 1. The molecule has 0 aliphatic carbocycles. The third-order valence-corrected chi connectivity index (χ3v) is 2.78. The summed E-state index contributed by atoms with van der Waals surface area (Å²) >= 11 is 6.10. The summed E-state index contributed by atoms with van der Waals surface area (Å²) in [5.74, 6) is 0. The van der Waals surface area contributed by atoms with Crippen LogP contribution in [-0.2, 0) is 6.42 Å². The van der Waals surface area contributed by atoms with Crippen molar-refractivity contribution in [1.29, 1.82) is 0 Å². The Bertz CT molecular complexity index is 467. The van der Waals surface area contributed by atoms with Crippen molar-refractivity contribution in [2.24, 2.45) is 5.73 Å². The normalized spacial score (nSPS) is 13.3. The zero-order chi connectivity index (χ0) is 10.8. The van der Waals surface area contributed by atoms with Gasteiger partial charge in [-0.05, 0) is 17.7 Å². The van der Waals surface area contributed by atoms with Gasteiger partial charge >= 0.3 is 0 Å². The van der Waals surface area contributed by atoms with Crippen LogP contribution in [0.5, 0.6) is 0 Å². The molecule has 1 aromatic carbocycles. The highest BCUT2D eigenvalue weighted by molar-refractivity contribution is 6.35. The molecule has 3 nitrogen and oxygen atoms in total. The van der Waals surface area contributed by atoms with Crippen LogP contribution in [0.25, 0.3) is 10.9 Å². The molecule has 4 heteroatoms. The van der Waals surface area contributed by atoms with E-state index in [4.69, 9.17) is 17.3 Å². The summed E-state index contributed by atoms with van der Waals surface area (Å²) in [6.07, 6.45) is 1.88. The molecule has 4 N–H and O–H groups in total. The molecular formula is C11H13ClN2O. The maximum Gasteiger partial charge on any atom is 0.0703 e. The minimum Gasteiger partial charge on any atom is -0.391 e. The van der Waals surface area contributed by atoms with Gasteiger partial charge in [-0.15, -0.1) is 0 Å². The molecule has 2 aromatic rings. The average Bonchev–Trinajstić information content (AvgIpc) is 2.63. The molecule has 0 amide bonds. The van der Waals surface area contributed by atoms with Crippen LogP contribution < -0.4 is 5.73 Å². The molecule has 0 saturated heterocycles. The summed E-state index contributed by atoms with van der Waals surface area (Å²) in [6, 6.07) is 5.69. The summed E-state index contributed by atoms with van der Waals surface area (Å²) < 4.78 is 0. The molecule has 1 aromatic heterocycles. The average molecular weight is 225 g/mol. The number of aromatic amines is 1. The van der Waals surface area contributed by atoms with Crippen LogP contribution in [-0.4, -0.2) is 22.7 Å². The fourth-order valence-corrected chi connectivity index (χ4v) is 2.00. The van der Waals surface area contributed by atoms with E-state index in [-0.39, 0.29) is 6.54 Å². The van der Waals surface area contributed by atoms with Gasteiger partial charge in [-0.25, -0.2) is 0 Å². The Hall–Kier alpha value is -1.03. The number of nitrogens with two attached hydrogens (primary N) is 1. The van der Waals surface area contributed by atoms with E-state index < -0.39 is 6.10 Å². The van der Waals surface area contributed by atoms with Crippen LogP contribution in [0.1, 0.15) is 5.56 Å². The molecule has 80 valence electrons. The summed E-state index contributed by atoms with van der Waals surface area (Å²) in [7, 11) is 0. The summed E-state index contributed by atoms with van der Waals surface area (Å²) in [4.78, 5) is 3.12. The number of H-pyrrole nitrogens is 1. The summed E-state index contributed by atoms with van der Waals surface area (Å²) in [6.45, 7) is 0.261. The molecule has 1 atom stereocenters. The van der Waals surface area contributed by atoms with Crippen molar-refractivity contribution in [1.82, 2.24) is 4.98 Å². The number of halogens is 1. The summed E-state index contributed by atoms with van der Waals surface area (Å²) in [5, 5.41) is 11.2. The first-order chi connectivity index (χ1) is 7.22. The van der Waals surface area contributed by atoms with Gasteiger partial charge in [0.2, 0.25) is 0 Å². The molecule has 2 rings (SSSR count). The monoisotopic (exact) mass is 224 g/mol. The Balaban J connectivity index is 2.43. The van der Waals surface area contributed by atoms with Crippen molar-refractivity contribution >= 4 is 22.5 Å². The highest BCUT2D eigenvalue weighted by Gasteiger charge is 2.10. The lowest BCUT2D eigenvalue weighted by Crippen LogP contribution is -2.21. The van der Waals surface area contributed by atoms with E-state index in [0.717, 1.165) is 16.5 Å². The second-order valence-corrected chi connectivity index (χ2v) is 3.98. The standard InChI is InChI=1S/C11H13ClN2O/c12-9-2-1-3-10-11(9)7(6-14-10)4-8(15)5-13/h1-3,6,8,14-15H,4-5,13H2. The number of hydrogen-bond donors (Lipinski definition) is 3. The quantitative estimate of drug-likeness (QED) is 0.743. The predicted octanol–water partition coefficient (Wildman–Crippen LogP) is 1.68. The number of fused-ring (bicyclic) bond motifs is 1. The van der Waals surface area contributed by atoms with Crippen LogP contribution in [0, 0.1) is 0 Å². The molecule has 1 heterocycles. The molecule has 0 aliphatic rings. The molecule has 15 heavy (non-hydrogen) atoms. The highest BCUT2D eigenvalue weighted by atomic mass is 35.5. The number of hydrogen-bond acceptors (Lipinski definition) is 2. The third kappa shape index (κ3) is 2.00. The van der Waals surface area contributed by atoms with Gasteiger partial charge in [0.25, 0.3) is 0 Å². The van der Waals surface area contributed by atoms with Crippen LogP contribution >= 0.6 is 11.6 Å². The molecule has 0 bridgehead atoms. The number of aliphatic hydroxyl groups is 1. The Kier molecular flexibility index (Phi) is 2.95. The van der Waals surface area contributed by atoms with Crippen molar-refractivity contribution in [3.63, 3.8) is 0 Å². The molecular weight excluding hydrogens is 212 g/mol. The molecule has 0 fully saturated rings. The summed E-state index contributed by atoms with van der Waals surface area (Å²) in [5.41, 5.74) is 7.37. The van der Waals surface area contributed by atoms with Gasteiger partial charge in [-0.3, -0.25) is 0 Å². The lowest BCUT2D eigenvalue weighted by atomic mass is 10.1. The van der Waals surface area contributed by atoms with Gasteiger partial charge in [-0.1, -0.05) is 17.7 Å². The minimum atomic E-state index is -0.514. The van der Waals surface area contributed by atoms with E-state index in [0.29, 0.717) is 11.4 Å². The van der Waals surface area contributed by atoms with E-state index >= 15 is 0 Å². The molecule has 0 radical (unpaired) electrons. The highest BCUT2D eigenvalue weighted by Crippen LogP contribution is 2.27. The van der Waals surface area contributed by atoms with Crippen molar-refractivity contribution in [3.05, 3.63) is 35.0 Å². The Morgan fingerprint density at radius 2 is 2.27 bits per heavy atom. The second-order valence-electron chi connectivity index (χ2n) is 3.57. The predicted molar refractivity (Wildman–Crippen MR) is 62.1 cm³/mol. The van der Waals surface area contributed by atoms with Crippen LogP contribution in [0.3, 0.4) is 0 Å². The molecule has 0 aliphatic heterocycles. The van der Waals surface area contributed by atoms with Gasteiger partial charge in [0, 0.05) is 30.1 Å². The second kappa shape index (κ2) is 4.23. The van der Waals surface area contributed by atoms with Gasteiger partial charge in [-0.2, -0.15) is 0 Å². The fraction of sp³-hybridized carbons (Fsp3) is 0.273. The number of benzene rings is 1. The van der Waals surface area contributed by atoms with Crippen molar-refractivity contribution in [2.75, 3.05) is 6.54 Å². The topological polar surface area (TPSA) is 62.0 Å². The SMILES string of the molecule is NCC(O)Cc1c[nH]c2cccc(Cl)c12. The maximum absolute atomic E-state index is 9.50. The van der Waals surface area contributed by atoms with E-state index in [2.05, 4.69) is 4.98 Å². The molecule has 0 saturated carbocycles. The largest absolute Gasteiger partial charge is 0.391 e. The Morgan fingerprint density at radius 1 is 1.47 bits per heavy atom. The zero-order valence-corrected chi connectivity index (χ0v) is 8.96. The minimum absolute atomic E-state index is 0.261. The lowest BCUT2D eigenvalue weighted by molar-refractivity contribution is 0.184. The number of rotatable bonds is 3. The first-order valence-electron chi connectivity index (χ1n) is 4.85. The Labute approximate surface area is 92.9 Å². The smallest absolute Gasteiger partial charge is 0.0703 e. The van der Waals surface area contributed by atoms with E-state index in [1.165, 1.54) is 0 Å². The van der Waals surface area contributed by atoms with Crippen LogP contribution in [0.15, 0.2) is 24.4 Å². The molecule has 1 unspecified atom stereocenters. The molecule has 0 spiro atoms. The zero-order valence-electron chi connectivity index (χ0n) is 8.20. The maximum atomic E-state index is 9.50. The van der Waals surface area contributed by atoms with Gasteiger partial charge < -0.3 is 15.8 Å². The Morgan fingerprint density at radius 3 is 3.00 bits per heavy atom. The fourth-order valence-electron chi connectivity index (χ4n) is 1.71. The van der Waals surface area contributed by atoms with Gasteiger partial charge in [0.05, 0.1) is 11.1 Å². The van der Waals surface area contributed by atoms with E-state index in [9.17, 15) is 5.11 Å². The van der Waals surface area contributed by atoms with Crippen LogP contribution in [0.2, 0.25) is 5.02 Å². The third-order valence-electron chi connectivity index (χ3n) is 2.46. The van der Waals surface area contributed by atoms with E-state index in [1.807, 2.05) is 24.4 Å². The van der Waals surface area contributed by atoms with Gasteiger partial charge in [0.15, 0.2) is 0 Å². The number of aliphatic hydroxyl groups excluding tert-OH is 1. The number of aromatic nitrogens is 1. The van der Waals surface area contributed by atoms with Crippen LogP contribution in [0.4, 0.5) is 0 Å². The van der Waals surface area contributed by atoms with Crippen molar-refractivity contribution in [2.45, 2.75) is 12.5 Å².